The van der Waals surface area contributed by atoms with Crippen molar-refractivity contribution in [3.63, 3.8) is 0 Å². The minimum Gasteiger partial charge on any atom is -0.358 e. The molecule has 1 aromatic heterocycles. The third kappa shape index (κ3) is 2.01. The van der Waals surface area contributed by atoms with Crippen molar-refractivity contribution in [3.05, 3.63) is 32.4 Å². The lowest BCUT2D eigenvalue weighted by molar-refractivity contribution is -0.389. The van der Waals surface area contributed by atoms with E-state index in [-0.39, 0.29) is 5.82 Å². The molecule has 0 atom stereocenters. The summed E-state index contributed by atoms with van der Waals surface area (Å²) in [5, 5.41) is 10.9. The molecule has 0 unspecified atom stereocenters. The number of pyridine rings is 1. The summed E-state index contributed by atoms with van der Waals surface area (Å²) in [6.45, 7) is 0. The minimum atomic E-state index is -0.525. The second kappa shape index (κ2) is 3.95. The number of hydrogen-bond acceptors (Lipinski definition) is 3. The van der Waals surface area contributed by atoms with E-state index in [0.717, 1.165) is 5.56 Å². The summed E-state index contributed by atoms with van der Waals surface area (Å²) in [6.07, 6.45) is 0. The molecule has 64 valence electrons. The van der Waals surface area contributed by atoms with Crippen LogP contribution in [-0.2, 0) is 5.33 Å². The van der Waals surface area contributed by atoms with E-state index in [1.807, 2.05) is 0 Å². The molecule has 0 aromatic carbocycles. The van der Waals surface area contributed by atoms with Gasteiger partial charge in [0, 0.05) is 32.9 Å². The molecule has 0 aliphatic heterocycles. The Morgan fingerprint density at radius 1 is 1.58 bits per heavy atom. The van der Waals surface area contributed by atoms with Gasteiger partial charge in [-0.05, 0) is 16.0 Å². The molecule has 0 amide bonds. The fourth-order valence-electron chi connectivity index (χ4n) is 0.655. The molecule has 0 aliphatic rings. The fourth-order valence-corrected chi connectivity index (χ4v) is 1.94. The Hall–Kier alpha value is -0.490. The van der Waals surface area contributed by atoms with Crippen molar-refractivity contribution in [2.45, 2.75) is 5.33 Å². The number of rotatable bonds is 2. The monoisotopic (exact) mass is 294 g/mol. The summed E-state index contributed by atoms with van der Waals surface area (Å²) >= 11 is 6.36. The molecule has 0 radical (unpaired) electrons. The lowest BCUT2D eigenvalue weighted by atomic mass is 10.3. The molecule has 1 heterocycles. The third-order valence-corrected chi connectivity index (χ3v) is 2.53. The molecule has 1 aromatic rings. The van der Waals surface area contributed by atoms with Crippen LogP contribution in [-0.4, -0.2) is 9.91 Å². The molecule has 0 bridgehead atoms. The van der Waals surface area contributed by atoms with Crippen molar-refractivity contribution in [2.24, 2.45) is 0 Å². The first-order valence-corrected chi connectivity index (χ1v) is 4.92. The second-order valence-corrected chi connectivity index (χ2v) is 3.32. The molecular weight excluding hydrogens is 292 g/mol. The Labute approximate surface area is 85.4 Å². The van der Waals surface area contributed by atoms with Crippen LogP contribution in [0.3, 0.4) is 0 Å². The minimum absolute atomic E-state index is 0.147. The number of halogens is 2. The van der Waals surface area contributed by atoms with Crippen LogP contribution in [0, 0.1) is 10.1 Å². The Bertz CT molecular complexity index is 316. The van der Waals surface area contributed by atoms with Crippen LogP contribution in [0.4, 0.5) is 5.82 Å². The van der Waals surface area contributed by atoms with Gasteiger partial charge in [0.25, 0.3) is 0 Å². The van der Waals surface area contributed by atoms with Crippen molar-refractivity contribution in [3.8, 4) is 0 Å². The van der Waals surface area contributed by atoms with Gasteiger partial charge >= 0.3 is 5.82 Å². The van der Waals surface area contributed by atoms with Crippen molar-refractivity contribution >= 4 is 37.7 Å². The van der Waals surface area contributed by atoms with Crippen LogP contribution < -0.4 is 0 Å². The average molecular weight is 296 g/mol. The van der Waals surface area contributed by atoms with Crippen molar-refractivity contribution < 1.29 is 4.92 Å². The van der Waals surface area contributed by atoms with E-state index >= 15 is 0 Å². The number of alkyl halides is 1. The van der Waals surface area contributed by atoms with Gasteiger partial charge in [-0.1, -0.05) is 15.9 Å². The number of nitrogens with zero attached hydrogens (tertiary/aromatic N) is 2. The smallest absolute Gasteiger partial charge is 0.358 e. The van der Waals surface area contributed by atoms with Gasteiger partial charge in [0.2, 0.25) is 4.60 Å². The zero-order chi connectivity index (χ0) is 9.14. The summed E-state index contributed by atoms with van der Waals surface area (Å²) in [5.74, 6) is -0.147. The van der Waals surface area contributed by atoms with Crippen LogP contribution in [0.2, 0.25) is 0 Å². The lowest BCUT2D eigenvalue weighted by Gasteiger charge is -1.95. The zero-order valence-corrected chi connectivity index (χ0v) is 9.00. The zero-order valence-electron chi connectivity index (χ0n) is 5.83. The first-order chi connectivity index (χ1) is 5.65. The van der Waals surface area contributed by atoms with Gasteiger partial charge in [0.05, 0.1) is 0 Å². The highest BCUT2D eigenvalue weighted by Crippen LogP contribution is 2.20. The van der Waals surface area contributed by atoms with Gasteiger partial charge in [0.1, 0.15) is 0 Å². The molecule has 0 spiro atoms. The van der Waals surface area contributed by atoms with Gasteiger partial charge in [-0.3, -0.25) is 0 Å². The second-order valence-electron chi connectivity index (χ2n) is 2.01. The van der Waals surface area contributed by atoms with E-state index in [9.17, 15) is 10.1 Å². The molecule has 0 saturated heterocycles. The molecule has 4 nitrogen and oxygen atoms in total. The topological polar surface area (TPSA) is 56.0 Å². The van der Waals surface area contributed by atoms with Gasteiger partial charge < -0.3 is 10.1 Å². The predicted molar refractivity (Wildman–Crippen MR) is 51.2 cm³/mol. The van der Waals surface area contributed by atoms with Gasteiger partial charge in [-0.2, -0.15) is 0 Å². The van der Waals surface area contributed by atoms with E-state index in [0.29, 0.717) is 9.93 Å². The summed E-state index contributed by atoms with van der Waals surface area (Å²) in [7, 11) is 0. The molecule has 1 rings (SSSR count). The summed E-state index contributed by atoms with van der Waals surface area (Å²) in [6, 6.07) is 3.03. The fraction of sp³-hybridized carbons (Fsp3) is 0.167. The maximum Gasteiger partial charge on any atom is 0.364 e. The Morgan fingerprint density at radius 3 is 2.67 bits per heavy atom. The molecule has 0 saturated carbocycles. The van der Waals surface area contributed by atoms with Crippen LogP contribution in [0.5, 0.6) is 0 Å². The lowest BCUT2D eigenvalue weighted by Crippen LogP contribution is -1.93. The number of aromatic nitrogens is 1. The Morgan fingerprint density at radius 2 is 2.25 bits per heavy atom. The molecule has 0 fully saturated rings. The van der Waals surface area contributed by atoms with E-state index < -0.39 is 4.92 Å². The number of nitro groups is 1. The molecule has 12 heavy (non-hydrogen) atoms. The predicted octanol–water partition coefficient (Wildman–Crippen LogP) is 2.65. The van der Waals surface area contributed by atoms with Gasteiger partial charge in [0.15, 0.2) is 0 Å². The maximum atomic E-state index is 10.3. The third-order valence-electron chi connectivity index (χ3n) is 1.24. The quantitative estimate of drug-likeness (QED) is 0.365. The highest BCUT2D eigenvalue weighted by atomic mass is 79.9. The van der Waals surface area contributed by atoms with Crippen LogP contribution in [0.25, 0.3) is 0 Å². The highest BCUT2D eigenvalue weighted by molar-refractivity contribution is 9.10. The first-order valence-electron chi connectivity index (χ1n) is 3.01. The summed E-state index contributed by atoms with van der Waals surface area (Å²) < 4.78 is 0.508. The average Bonchev–Trinajstić information content (AvgIpc) is 2.04. The SMILES string of the molecule is O=[N+]([O-])c1ccc(CBr)c(Br)n1. The molecular formula is C6H4Br2N2O2. The van der Waals surface area contributed by atoms with E-state index in [1.165, 1.54) is 6.07 Å². The van der Waals surface area contributed by atoms with Crippen LogP contribution in [0.15, 0.2) is 16.7 Å². The van der Waals surface area contributed by atoms with Gasteiger partial charge in [-0.15, -0.1) is 0 Å². The number of hydrogen-bond donors (Lipinski definition) is 0. The van der Waals surface area contributed by atoms with Crippen molar-refractivity contribution in [1.29, 1.82) is 0 Å². The van der Waals surface area contributed by atoms with Gasteiger partial charge in [-0.25, -0.2) is 0 Å². The maximum absolute atomic E-state index is 10.3. The Balaban J connectivity index is 3.10. The van der Waals surface area contributed by atoms with E-state index in [4.69, 9.17) is 0 Å². The summed E-state index contributed by atoms with van der Waals surface area (Å²) in [4.78, 5) is 13.5. The molecule has 0 N–H and O–H groups in total. The van der Waals surface area contributed by atoms with Crippen molar-refractivity contribution in [1.82, 2.24) is 4.98 Å². The van der Waals surface area contributed by atoms with Crippen LogP contribution >= 0.6 is 31.9 Å². The summed E-state index contributed by atoms with van der Waals surface area (Å²) in [5.41, 5.74) is 0.889. The standard InChI is InChI=1S/C6H4Br2N2O2/c7-3-4-1-2-5(10(11)12)9-6(4)8/h1-2H,3H2. The molecule has 6 heteroatoms. The normalized spacial score (nSPS) is 9.83. The first kappa shape index (κ1) is 9.60. The van der Waals surface area contributed by atoms with Crippen LogP contribution in [0.1, 0.15) is 5.56 Å². The Kier molecular flexibility index (Phi) is 3.16. The van der Waals surface area contributed by atoms with E-state index in [1.54, 1.807) is 6.07 Å². The van der Waals surface area contributed by atoms with Crippen molar-refractivity contribution in [2.75, 3.05) is 0 Å². The highest BCUT2D eigenvalue weighted by Gasteiger charge is 2.11. The molecule has 0 aliphatic carbocycles. The largest absolute Gasteiger partial charge is 0.364 e. The van der Waals surface area contributed by atoms with E-state index in [2.05, 4.69) is 36.8 Å².